The highest BCUT2D eigenvalue weighted by molar-refractivity contribution is 5.81. The highest BCUT2D eigenvalue weighted by Crippen LogP contribution is 2.36. The van der Waals surface area contributed by atoms with Crippen LogP contribution in [0.15, 0.2) is 48.5 Å². The number of carbonyl (C=O) groups excluding carboxylic acids is 1. The number of rotatable bonds is 4. The smallest absolute Gasteiger partial charge is 0.341 e. The fraction of sp³-hybridized carbons (Fsp3) is 0.381. The number of benzene rings is 2. The Morgan fingerprint density at radius 2 is 1.52 bits per heavy atom. The molecule has 27 heavy (non-hydrogen) atoms. The van der Waals surface area contributed by atoms with Crippen LogP contribution in [0.2, 0.25) is 0 Å². The Kier molecular flexibility index (Phi) is 5.44. The van der Waals surface area contributed by atoms with E-state index in [0.717, 1.165) is 29.1 Å². The number of para-hydroxylation sites is 2. The Morgan fingerprint density at radius 1 is 1.04 bits per heavy atom. The van der Waals surface area contributed by atoms with Gasteiger partial charge < -0.3 is 9.80 Å². The van der Waals surface area contributed by atoms with Crippen molar-refractivity contribution in [2.24, 2.45) is 5.92 Å². The zero-order chi connectivity index (χ0) is 19.6. The average Bonchev–Trinajstić information content (AvgIpc) is 2.78. The SMILES string of the molecule is CC(CN(C)C(=O)C(F)(F)F)CN1c2ccccc2CCc2ccccc21. The second-order valence-electron chi connectivity index (χ2n) is 7.16. The van der Waals surface area contributed by atoms with Crippen LogP contribution in [-0.4, -0.2) is 37.1 Å². The molecule has 6 heteroatoms. The topological polar surface area (TPSA) is 23.6 Å². The van der Waals surface area contributed by atoms with Crippen molar-refractivity contribution >= 4 is 17.3 Å². The lowest BCUT2D eigenvalue weighted by molar-refractivity contribution is -0.184. The summed E-state index contributed by atoms with van der Waals surface area (Å²) in [6.07, 6.45) is -2.99. The minimum Gasteiger partial charge on any atom is -0.341 e. The summed E-state index contributed by atoms with van der Waals surface area (Å²) >= 11 is 0. The van der Waals surface area contributed by atoms with Gasteiger partial charge in [0.2, 0.25) is 0 Å². The summed E-state index contributed by atoms with van der Waals surface area (Å²) in [6.45, 7) is 2.44. The maximum atomic E-state index is 12.7. The second kappa shape index (κ2) is 7.62. The van der Waals surface area contributed by atoms with Gasteiger partial charge in [-0.15, -0.1) is 0 Å². The lowest BCUT2D eigenvalue weighted by Gasteiger charge is -2.31. The van der Waals surface area contributed by atoms with Crippen LogP contribution >= 0.6 is 0 Å². The minimum atomic E-state index is -4.84. The first-order valence-corrected chi connectivity index (χ1v) is 9.03. The first-order chi connectivity index (χ1) is 12.8. The van der Waals surface area contributed by atoms with Crippen LogP contribution in [0.25, 0.3) is 0 Å². The first kappa shape index (κ1) is 19.3. The van der Waals surface area contributed by atoms with E-state index in [1.54, 1.807) is 0 Å². The number of carbonyl (C=O) groups is 1. The van der Waals surface area contributed by atoms with Gasteiger partial charge in [-0.3, -0.25) is 4.79 Å². The Bertz CT molecular complexity index is 772. The summed E-state index contributed by atoms with van der Waals surface area (Å²) in [4.78, 5) is 14.4. The molecule has 0 saturated heterocycles. The summed E-state index contributed by atoms with van der Waals surface area (Å²) in [5.41, 5.74) is 4.61. The number of alkyl halides is 3. The van der Waals surface area contributed by atoms with E-state index in [0.29, 0.717) is 6.54 Å². The molecule has 1 aliphatic rings. The molecule has 0 aromatic heterocycles. The summed E-state index contributed by atoms with van der Waals surface area (Å²) in [5, 5.41) is 0. The van der Waals surface area contributed by atoms with Crippen molar-refractivity contribution in [2.75, 3.05) is 25.0 Å². The number of anilines is 2. The molecule has 1 unspecified atom stereocenters. The van der Waals surface area contributed by atoms with Gasteiger partial charge in [0.25, 0.3) is 0 Å². The molecule has 2 aromatic carbocycles. The lowest BCUT2D eigenvalue weighted by Crippen LogP contribution is -2.42. The number of halogens is 3. The number of nitrogens with zero attached hydrogens (tertiary/aromatic N) is 2. The summed E-state index contributed by atoms with van der Waals surface area (Å²) < 4.78 is 38.0. The quantitative estimate of drug-likeness (QED) is 0.780. The van der Waals surface area contributed by atoms with Gasteiger partial charge in [-0.1, -0.05) is 43.3 Å². The van der Waals surface area contributed by atoms with E-state index in [9.17, 15) is 18.0 Å². The molecule has 0 spiro atoms. The van der Waals surface area contributed by atoms with E-state index in [1.165, 1.54) is 18.2 Å². The zero-order valence-electron chi connectivity index (χ0n) is 15.5. The van der Waals surface area contributed by atoms with Crippen molar-refractivity contribution in [3.8, 4) is 0 Å². The molecular weight excluding hydrogens is 353 g/mol. The molecule has 3 nitrogen and oxygen atoms in total. The van der Waals surface area contributed by atoms with Crippen LogP contribution in [0.1, 0.15) is 18.1 Å². The molecule has 0 bridgehead atoms. The zero-order valence-corrected chi connectivity index (χ0v) is 15.5. The van der Waals surface area contributed by atoms with Gasteiger partial charge in [-0.25, -0.2) is 0 Å². The number of fused-ring (bicyclic) bond motifs is 2. The van der Waals surface area contributed by atoms with Gasteiger partial charge in [-0.05, 0) is 42.0 Å². The van der Waals surface area contributed by atoms with Crippen LogP contribution < -0.4 is 4.90 Å². The van der Waals surface area contributed by atoms with Gasteiger partial charge in [0.05, 0.1) is 0 Å². The lowest BCUT2D eigenvalue weighted by atomic mass is 10.0. The number of amides is 1. The van der Waals surface area contributed by atoms with Crippen LogP contribution in [-0.2, 0) is 17.6 Å². The van der Waals surface area contributed by atoms with Crippen LogP contribution in [0.3, 0.4) is 0 Å². The third kappa shape index (κ3) is 4.26. The van der Waals surface area contributed by atoms with Crippen molar-refractivity contribution in [1.82, 2.24) is 4.90 Å². The van der Waals surface area contributed by atoms with Crippen LogP contribution in [0, 0.1) is 5.92 Å². The van der Waals surface area contributed by atoms with Crippen molar-refractivity contribution in [1.29, 1.82) is 0 Å². The van der Waals surface area contributed by atoms with E-state index < -0.39 is 12.1 Å². The van der Waals surface area contributed by atoms with Crippen molar-refractivity contribution < 1.29 is 18.0 Å². The van der Waals surface area contributed by atoms with Gasteiger partial charge >= 0.3 is 12.1 Å². The minimum absolute atomic E-state index is 0.0409. The van der Waals surface area contributed by atoms with Gasteiger partial charge in [0.15, 0.2) is 0 Å². The molecule has 144 valence electrons. The Balaban J connectivity index is 1.84. The molecule has 1 amide bonds. The molecule has 0 radical (unpaired) electrons. The maximum absolute atomic E-state index is 12.7. The van der Waals surface area contributed by atoms with E-state index in [4.69, 9.17) is 0 Å². The maximum Gasteiger partial charge on any atom is 0.471 e. The summed E-state index contributed by atoms with van der Waals surface area (Å²) in [7, 11) is 1.21. The number of aryl methyl sites for hydroxylation is 2. The Labute approximate surface area is 157 Å². The molecule has 2 aromatic rings. The molecule has 0 saturated carbocycles. The predicted octanol–water partition coefficient (Wildman–Crippen LogP) is 4.58. The van der Waals surface area contributed by atoms with E-state index in [1.807, 2.05) is 31.2 Å². The normalized spacial score (nSPS) is 14.8. The average molecular weight is 376 g/mol. The van der Waals surface area contributed by atoms with Crippen LogP contribution in [0.5, 0.6) is 0 Å². The standard InChI is InChI=1S/C21H23F3N2O/c1-15(13-25(2)20(27)21(22,23)24)14-26-18-9-5-3-7-16(18)11-12-17-8-4-6-10-19(17)26/h3-10,15H,11-14H2,1-2H3. The van der Waals surface area contributed by atoms with Crippen LogP contribution in [0.4, 0.5) is 24.5 Å². The van der Waals surface area contributed by atoms with Crippen molar-refractivity contribution in [3.63, 3.8) is 0 Å². The third-order valence-corrected chi connectivity index (χ3v) is 4.90. The molecule has 1 atom stereocenters. The molecule has 0 aliphatic carbocycles. The van der Waals surface area contributed by atoms with E-state index in [2.05, 4.69) is 29.2 Å². The number of hydrogen-bond acceptors (Lipinski definition) is 2. The highest BCUT2D eigenvalue weighted by atomic mass is 19.4. The van der Waals surface area contributed by atoms with Gasteiger partial charge in [-0.2, -0.15) is 13.2 Å². The Hall–Kier alpha value is -2.50. The monoisotopic (exact) mass is 376 g/mol. The number of hydrogen-bond donors (Lipinski definition) is 0. The Morgan fingerprint density at radius 3 is 2.00 bits per heavy atom. The molecule has 0 fully saturated rings. The van der Waals surface area contributed by atoms with E-state index >= 15 is 0 Å². The predicted molar refractivity (Wildman–Crippen MR) is 100 cm³/mol. The highest BCUT2D eigenvalue weighted by Gasteiger charge is 2.41. The second-order valence-corrected chi connectivity index (χ2v) is 7.16. The molecule has 1 heterocycles. The molecular formula is C21H23F3N2O. The largest absolute Gasteiger partial charge is 0.471 e. The third-order valence-electron chi connectivity index (χ3n) is 4.90. The summed E-state index contributed by atoms with van der Waals surface area (Å²) in [5.74, 6) is -1.94. The fourth-order valence-electron chi connectivity index (χ4n) is 3.70. The van der Waals surface area contributed by atoms with Gasteiger partial charge in [0, 0.05) is 31.5 Å². The fourth-order valence-corrected chi connectivity index (χ4v) is 3.70. The molecule has 3 rings (SSSR count). The molecule has 0 N–H and O–H groups in total. The van der Waals surface area contributed by atoms with Crippen molar-refractivity contribution in [3.05, 3.63) is 59.7 Å². The molecule has 1 aliphatic heterocycles. The van der Waals surface area contributed by atoms with Gasteiger partial charge in [0.1, 0.15) is 0 Å². The van der Waals surface area contributed by atoms with Crippen molar-refractivity contribution in [2.45, 2.75) is 25.9 Å². The summed E-state index contributed by atoms with van der Waals surface area (Å²) in [6, 6.07) is 16.3. The first-order valence-electron chi connectivity index (χ1n) is 9.03. The van der Waals surface area contributed by atoms with E-state index in [-0.39, 0.29) is 12.5 Å².